The van der Waals surface area contributed by atoms with E-state index in [4.69, 9.17) is 4.42 Å². The summed E-state index contributed by atoms with van der Waals surface area (Å²) in [6, 6.07) is 28.8. The Hall–Kier alpha value is -4.12. The summed E-state index contributed by atoms with van der Waals surface area (Å²) in [4.78, 5) is 27.2. The van der Waals surface area contributed by atoms with E-state index in [0.717, 1.165) is 27.9 Å². The molecule has 0 aliphatic rings. The SMILES string of the molecule is Cc1ccc(CN(C(=O)c2ccco2)c2ccc(CC(=O)NCc3ccccc3)cc2)cc1. The van der Waals surface area contributed by atoms with Gasteiger partial charge >= 0.3 is 0 Å². The number of carbonyl (C=O) groups excluding carboxylic acids is 2. The van der Waals surface area contributed by atoms with E-state index < -0.39 is 0 Å². The van der Waals surface area contributed by atoms with Crippen molar-refractivity contribution >= 4 is 17.5 Å². The lowest BCUT2D eigenvalue weighted by Crippen LogP contribution is -2.30. The minimum absolute atomic E-state index is 0.0465. The lowest BCUT2D eigenvalue weighted by molar-refractivity contribution is -0.120. The van der Waals surface area contributed by atoms with Crippen LogP contribution >= 0.6 is 0 Å². The topological polar surface area (TPSA) is 62.6 Å². The van der Waals surface area contributed by atoms with Crippen LogP contribution in [0.2, 0.25) is 0 Å². The first-order chi connectivity index (χ1) is 16.1. The minimum Gasteiger partial charge on any atom is -0.459 e. The third-order valence-corrected chi connectivity index (χ3v) is 5.38. The first kappa shape index (κ1) is 22.1. The molecule has 0 spiro atoms. The van der Waals surface area contributed by atoms with Gasteiger partial charge in [0.25, 0.3) is 5.91 Å². The highest BCUT2D eigenvalue weighted by Gasteiger charge is 2.20. The summed E-state index contributed by atoms with van der Waals surface area (Å²) in [5.41, 5.74) is 4.86. The number of nitrogens with one attached hydrogen (secondary N) is 1. The fourth-order valence-corrected chi connectivity index (χ4v) is 3.53. The highest BCUT2D eigenvalue weighted by molar-refractivity contribution is 6.04. The van der Waals surface area contributed by atoms with Crippen LogP contribution in [0.1, 0.15) is 32.8 Å². The van der Waals surface area contributed by atoms with Gasteiger partial charge in [-0.05, 0) is 47.9 Å². The third kappa shape index (κ3) is 5.98. The van der Waals surface area contributed by atoms with E-state index in [1.165, 1.54) is 6.26 Å². The van der Waals surface area contributed by atoms with Gasteiger partial charge in [0.2, 0.25) is 5.91 Å². The van der Waals surface area contributed by atoms with E-state index in [2.05, 4.69) is 5.32 Å². The molecule has 1 aromatic heterocycles. The number of aryl methyl sites for hydroxylation is 1. The molecular formula is C28H26N2O3. The third-order valence-electron chi connectivity index (χ3n) is 5.38. The number of nitrogens with zero attached hydrogens (tertiary/aromatic N) is 1. The Kier molecular flexibility index (Phi) is 7.00. The minimum atomic E-state index is -0.214. The number of hydrogen-bond donors (Lipinski definition) is 1. The number of carbonyl (C=O) groups is 2. The molecule has 0 atom stereocenters. The van der Waals surface area contributed by atoms with Gasteiger partial charge in [0.1, 0.15) is 0 Å². The second-order valence-electron chi connectivity index (χ2n) is 7.96. The number of anilines is 1. The Balaban J connectivity index is 1.46. The summed E-state index contributed by atoms with van der Waals surface area (Å²) >= 11 is 0. The zero-order chi connectivity index (χ0) is 23.0. The molecule has 2 amide bonds. The number of furan rings is 1. The molecule has 33 heavy (non-hydrogen) atoms. The maximum absolute atomic E-state index is 13.1. The zero-order valence-corrected chi connectivity index (χ0v) is 18.5. The van der Waals surface area contributed by atoms with Crippen molar-refractivity contribution in [3.8, 4) is 0 Å². The van der Waals surface area contributed by atoms with Gasteiger partial charge in [-0.3, -0.25) is 9.59 Å². The molecule has 4 rings (SSSR count). The molecule has 0 unspecified atom stereocenters. The van der Waals surface area contributed by atoms with Crippen LogP contribution in [-0.4, -0.2) is 11.8 Å². The first-order valence-corrected chi connectivity index (χ1v) is 10.9. The Morgan fingerprint density at radius 3 is 2.15 bits per heavy atom. The Labute approximate surface area is 193 Å². The molecule has 3 aromatic carbocycles. The molecule has 1 N–H and O–H groups in total. The highest BCUT2D eigenvalue weighted by atomic mass is 16.3. The summed E-state index contributed by atoms with van der Waals surface area (Å²) in [7, 11) is 0. The lowest BCUT2D eigenvalue weighted by Gasteiger charge is -2.22. The first-order valence-electron chi connectivity index (χ1n) is 10.9. The van der Waals surface area contributed by atoms with Gasteiger partial charge in [0.15, 0.2) is 5.76 Å². The number of amides is 2. The number of benzene rings is 3. The summed E-state index contributed by atoms with van der Waals surface area (Å²) in [6.45, 7) is 2.95. The van der Waals surface area contributed by atoms with Crippen LogP contribution in [0.4, 0.5) is 5.69 Å². The lowest BCUT2D eigenvalue weighted by atomic mass is 10.1. The van der Waals surface area contributed by atoms with Crippen molar-refractivity contribution < 1.29 is 14.0 Å². The van der Waals surface area contributed by atoms with Crippen LogP contribution in [0, 0.1) is 6.92 Å². The molecule has 0 fully saturated rings. The maximum Gasteiger partial charge on any atom is 0.294 e. The van der Waals surface area contributed by atoms with Crippen LogP contribution in [0.5, 0.6) is 0 Å². The van der Waals surface area contributed by atoms with Crippen LogP contribution in [0.15, 0.2) is 102 Å². The van der Waals surface area contributed by atoms with Gasteiger partial charge in [-0.1, -0.05) is 72.3 Å². The molecule has 166 valence electrons. The van der Waals surface area contributed by atoms with Crippen LogP contribution in [0.25, 0.3) is 0 Å². The molecule has 4 aromatic rings. The maximum atomic E-state index is 13.1. The Morgan fingerprint density at radius 2 is 1.48 bits per heavy atom. The van der Waals surface area contributed by atoms with Gasteiger partial charge in [-0.15, -0.1) is 0 Å². The fourth-order valence-electron chi connectivity index (χ4n) is 3.53. The molecular weight excluding hydrogens is 412 g/mol. The van der Waals surface area contributed by atoms with Crippen molar-refractivity contribution in [3.63, 3.8) is 0 Å². The van der Waals surface area contributed by atoms with Crippen molar-refractivity contribution in [2.24, 2.45) is 0 Å². The van der Waals surface area contributed by atoms with Crippen LogP contribution < -0.4 is 10.2 Å². The molecule has 5 nitrogen and oxygen atoms in total. The largest absolute Gasteiger partial charge is 0.459 e. The fraction of sp³-hybridized carbons (Fsp3) is 0.143. The second kappa shape index (κ2) is 10.5. The molecule has 1 heterocycles. The summed E-state index contributed by atoms with van der Waals surface area (Å²) in [5.74, 6) is 0.0233. The van der Waals surface area contributed by atoms with Gasteiger partial charge < -0.3 is 14.6 Å². The second-order valence-corrected chi connectivity index (χ2v) is 7.96. The van der Waals surface area contributed by atoms with E-state index in [0.29, 0.717) is 13.1 Å². The summed E-state index contributed by atoms with van der Waals surface area (Å²) < 4.78 is 5.35. The molecule has 0 saturated heterocycles. The normalized spacial score (nSPS) is 10.6. The predicted molar refractivity (Wildman–Crippen MR) is 129 cm³/mol. The van der Waals surface area contributed by atoms with Crippen LogP contribution in [0.3, 0.4) is 0 Å². The van der Waals surface area contributed by atoms with Gasteiger partial charge in [-0.25, -0.2) is 0 Å². The number of hydrogen-bond acceptors (Lipinski definition) is 3. The standard InChI is InChI=1S/C28H26N2O3/c1-21-9-11-24(12-10-21)20-30(28(32)26-8-5-17-33-26)25-15-13-22(14-16-25)18-27(31)29-19-23-6-3-2-4-7-23/h2-17H,18-20H2,1H3,(H,29,31). The van der Waals surface area contributed by atoms with Crippen molar-refractivity contribution in [3.05, 3.63) is 125 Å². The van der Waals surface area contributed by atoms with E-state index in [-0.39, 0.29) is 24.0 Å². The average molecular weight is 439 g/mol. The molecule has 0 radical (unpaired) electrons. The highest BCUT2D eigenvalue weighted by Crippen LogP contribution is 2.22. The summed E-state index contributed by atoms with van der Waals surface area (Å²) in [5, 5.41) is 2.94. The van der Waals surface area contributed by atoms with Crippen molar-refractivity contribution in [1.29, 1.82) is 0 Å². The van der Waals surface area contributed by atoms with E-state index in [1.54, 1.807) is 17.0 Å². The average Bonchev–Trinajstić information content (AvgIpc) is 3.38. The van der Waals surface area contributed by atoms with Gasteiger partial charge in [-0.2, -0.15) is 0 Å². The monoisotopic (exact) mass is 438 g/mol. The zero-order valence-electron chi connectivity index (χ0n) is 18.5. The van der Waals surface area contributed by atoms with Crippen molar-refractivity contribution in [1.82, 2.24) is 5.32 Å². The number of rotatable bonds is 8. The van der Waals surface area contributed by atoms with Crippen molar-refractivity contribution in [2.45, 2.75) is 26.4 Å². The van der Waals surface area contributed by atoms with Crippen molar-refractivity contribution in [2.75, 3.05) is 4.90 Å². The molecule has 0 aliphatic heterocycles. The van der Waals surface area contributed by atoms with E-state index in [1.807, 2.05) is 85.8 Å². The molecule has 0 bridgehead atoms. The molecule has 0 aliphatic carbocycles. The smallest absolute Gasteiger partial charge is 0.294 e. The van der Waals surface area contributed by atoms with E-state index in [9.17, 15) is 9.59 Å². The molecule has 0 saturated carbocycles. The Morgan fingerprint density at radius 1 is 0.788 bits per heavy atom. The van der Waals surface area contributed by atoms with Crippen LogP contribution in [-0.2, 0) is 24.3 Å². The van der Waals surface area contributed by atoms with Gasteiger partial charge in [0.05, 0.1) is 19.2 Å². The quantitative estimate of drug-likeness (QED) is 0.406. The van der Waals surface area contributed by atoms with Gasteiger partial charge in [0, 0.05) is 12.2 Å². The predicted octanol–water partition coefficient (Wildman–Crippen LogP) is 5.29. The summed E-state index contributed by atoms with van der Waals surface area (Å²) in [6.07, 6.45) is 1.77. The molecule has 5 heteroatoms. The Bertz CT molecular complexity index is 1180. The van der Waals surface area contributed by atoms with E-state index >= 15 is 0 Å².